The van der Waals surface area contributed by atoms with Crippen molar-refractivity contribution in [2.24, 2.45) is 5.92 Å². The standard InChI is InChI=1S/C15H30N2O2/c1-12(2)19-11-14(18)10-17-9-3-4-15(17)13-5-7-16-8-6-13/h12-16,18H,3-11H2,1-2H3. The summed E-state index contributed by atoms with van der Waals surface area (Å²) in [5.41, 5.74) is 0. The van der Waals surface area contributed by atoms with Gasteiger partial charge in [-0.3, -0.25) is 4.90 Å². The van der Waals surface area contributed by atoms with Gasteiger partial charge in [0.1, 0.15) is 0 Å². The summed E-state index contributed by atoms with van der Waals surface area (Å²) in [6.45, 7) is 8.74. The van der Waals surface area contributed by atoms with Crippen LogP contribution in [0.5, 0.6) is 0 Å². The van der Waals surface area contributed by atoms with Gasteiger partial charge in [0, 0.05) is 12.6 Å². The second-order valence-electron chi connectivity index (χ2n) is 6.33. The van der Waals surface area contributed by atoms with Crippen molar-refractivity contribution < 1.29 is 9.84 Å². The molecule has 112 valence electrons. The summed E-state index contributed by atoms with van der Waals surface area (Å²) >= 11 is 0. The molecule has 2 fully saturated rings. The predicted molar refractivity (Wildman–Crippen MR) is 77.3 cm³/mol. The highest BCUT2D eigenvalue weighted by atomic mass is 16.5. The smallest absolute Gasteiger partial charge is 0.0900 e. The Bertz CT molecular complexity index is 255. The highest BCUT2D eigenvalue weighted by Gasteiger charge is 2.33. The zero-order valence-corrected chi connectivity index (χ0v) is 12.5. The number of nitrogens with zero attached hydrogens (tertiary/aromatic N) is 1. The molecular formula is C15H30N2O2. The van der Waals surface area contributed by atoms with Crippen LogP contribution in [0.1, 0.15) is 39.5 Å². The van der Waals surface area contributed by atoms with Crippen molar-refractivity contribution in [2.45, 2.75) is 57.8 Å². The molecule has 0 spiro atoms. The lowest BCUT2D eigenvalue weighted by Crippen LogP contribution is -2.44. The van der Waals surface area contributed by atoms with Gasteiger partial charge in [0.2, 0.25) is 0 Å². The molecule has 2 N–H and O–H groups in total. The summed E-state index contributed by atoms with van der Waals surface area (Å²) < 4.78 is 5.51. The monoisotopic (exact) mass is 270 g/mol. The van der Waals surface area contributed by atoms with E-state index in [4.69, 9.17) is 4.74 Å². The first-order chi connectivity index (χ1) is 9.16. The zero-order chi connectivity index (χ0) is 13.7. The van der Waals surface area contributed by atoms with Gasteiger partial charge in [0.05, 0.1) is 18.8 Å². The van der Waals surface area contributed by atoms with E-state index in [0.717, 1.165) is 32.1 Å². The molecule has 0 aliphatic carbocycles. The number of hydrogen-bond acceptors (Lipinski definition) is 4. The number of aliphatic hydroxyl groups is 1. The Kier molecular flexibility index (Phi) is 6.07. The molecule has 0 saturated carbocycles. The molecule has 2 unspecified atom stereocenters. The second-order valence-corrected chi connectivity index (χ2v) is 6.33. The van der Waals surface area contributed by atoms with Gasteiger partial charge in [-0.1, -0.05) is 0 Å². The van der Waals surface area contributed by atoms with Crippen molar-refractivity contribution in [1.29, 1.82) is 0 Å². The lowest BCUT2D eigenvalue weighted by Gasteiger charge is -2.35. The Morgan fingerprint density at radius 2 is 2.00 bits per heavy atom. The first-order valence-corrected chi connectivity index (χ1v) is 7.91. The summed E-state index contributed by atoms with van der Waals surface area (Å²) in [4.78, 5) is 2.50. The van der Waals surface area contributed by atoms with E-state index >= 15 is 0 Å². The molecule has 0 aromatic heterocycles. The third-order valence-electron chi connectivity index (χ3n) is 4.41. The summed E-state index contributed by atoms with van der Waals surface area (Å²) in [5.74, 6) is 0.821. The van der Waals surface area contributed by atoms with Gasteiger partial charge in [-0.2, -0.15) is 0 Å². The number of piperidine rings is 1. The zero-order valence-electron chi connectivity index (χ0n) is 12.5. The number of hydrogen-bond donors (Lipinski definition) is 2. The minimum absolute atomic E-state index is 0.202. The van der Waals surface area contributed by atoms with Gasteiger partial charge in [-0.25, -0.2) is 0 Å². The number of β-amino-alcohol motifs (C(OH)–C–C–N with tert-alkyl or cyclic N) is 1. The highest BCUT2D eigenvalue weighted by Crippen LogP contribution is 2.29. The van der Waals surface area contributed by atoms with Crippen LogP contribution in [0.25, 0.3) is 0 Å². The first-order valence-electron chi connectivity index (χ1n) is 7.91. The van der Waals surface area contributed by atoms with Crippen LogP contribution in [0.2, 0.25) is 0 Å². The molecule has 0 bridgehead atoms. The first kappa shape index (κ1) is 15.2. The van der Waals surface area contributed by atoms with E-state index < -0.39 is 0 Å². The molecule has 4 heteroatoms. The number of rotatable bonds is 6. The Morgan fingerprint density at radius 1 is 1.26 bits per heavy atom. The molecule has 2 aliphatic rings. The minimum atomic E-state index is -0.343. The second kappa shape index (κ2) is 7.58. The van der Waals surface area contributed by atoms with Gasteiger partial charge in [-0.05, 0) is 65.1 Å². The van der Waals surface area contributed by atoms with Crippen molar-refractivity contribution >= 4 is 0 Å². The van der Waals surface area contributed by atoms with Gasteiger partial charge in [-0.15, -0.1) is 0 Å². The van der Waals surface area contributed by atoms with E-state index in [1.165, 1.54) is 25.7 Å². The number of ether oxygens (including phenoxy) is 1. The fourth-order valence-corrected chi connectivity index (χ4v) is 3.47. The minimum Gasteiger partial charge on any atom is -0.389 e. The average molecular weight is 270 g/mol. The third kappa shape index (κ3) is 4.71. The third-order valence-corrected chi connectivity index (χ3v) is 4.41. The van der Waals surface area contributed by atoms with Crippen LogP contribution < -0.4 is 5.32 Å². The maximum Gasteiger partial charge on any atom is 0.0900 e. The van der Waals surface area contributed by atoms with Crippen molar-refractivity contribution in [1.82, 2.24) is 10.2 Å². The molecule has 2 rings (SSSR count). The van der Waals surface area contributed by atoms with Gasteiger partial charge >= 0.3 is 0 Å². The van der Waals surface area contributed by atoms with Crippen molar-refractivity contribution in [3.63, 3.8) is 0 Å². The summed E-state index contributed by atoms with van der Waals surface area (Å²) in [6.07, 6.45) is 5.03. The molecule has 2 saturated heterocycles. The molecule has 0 amide bonds. The summed E-state index contributed by atoms with van der Waals surface area (Å²) in [6, 6.07) is 0.691. The van der Waals surface area contributed by atoms with E-state index in [2.05, 4.69) is 10.2 Å². The van der Waals surface area contributed by atoms with Crippen LogP contribution in [-0.2, 0) is 4.74 Å². The quantitative estimate of drug-likeness (QED) is 0.762. The van der Waals surface area contributed by atoms with E-state index in [-0.39, 0.29) is 12.2 Å². The molecule has 2 aliphatic heterocycles. The molecule has 0 aromatic carbocycles. The molecule has 2 heterocycles. The van der Waals surface area contributed by atoms with Crippen LogP contribution in [0.15, 0.2) is 0 Å². The van der Waals surface area contributed by atoms with Gasteiger partial charge < -0.3 is 15.2 Å². The van der Waals surface area contributed by atoms with Crippen LogP contribution in [-0.4, -0.2) is 61.0 Å². The Hall–Kier alpha value is -0.160. The topological polar surface area (TPSA) is 44.7 Å². The fraction of sp³-hybridized carbons (Fsp3) is 1.00. The van der Waals surface area contributed by atoms with Crippen molar-refractivity contribution in [2.75, 3.05) is 32.8 Å². The molecule has 2 atom stereocenters. The molecule has 0 aromatic rings. The Balaban J connectivity index is 1.77. The lowest BCUT2D eigenvalue weighted by atomic mass is 9.88. The van der Waals surface area contributed by atoms with E-state index in [1.807, 2.05) is 13.8 Å². The normalized spacial score (nSPS) is 28.1. The molecule has 0 radical (unpaired) electrons. The molecular weight excluding hydrogens is 240 g/mol. The van der Waals surface area contributed by atoms with Gasteiger partial charge in [0.25, 0.3) is 0 Å². The maximum atomic E-state index is 10.1. The lowest BCUT2D eigenvalue weighted by molar-refractivity contribution is -0.0139. The fourth-order valence-electron chi connectivity index (χ4n) is 3.47. The van der Waals surface area contributed by atoms with Crippen molar-refractivity contribution in [3.05, 3.63) is 0 Å². The Morgan fingerprint density at radius 3 is 2.68 bits per heavy atom. The Labute approximate surface area is 117 Å². The van der Waals surface area contributed by atoms with Crippen LogP contribution in [0.4, 0.5) is 0 Å². The summed E-state index contributed by atoms with van der Waals surface area (Å²) in [5, 5.41) is 13.5. The molecule has 19 heavy (non-hydrogen) atoms. The number of likely N-dealkylation sites (tertiary alicyclic amines) is 1. The number of nitrogens with one attached hydrogen (secondary N) is 1. The molecule has 4 nitrogen and oxygen atoms in total. The highest BCUT2D eigenvalue weighted by molar-refractivity contribution is 4.88. The van der Waals surface area contributed by atoms with E-state index in [9.17, 15) is 5.11 Å². The SMILES string of the molecule is CC(C)OCC(O)CN1CCCC1C1CCNCC1. The predicted octanol–water partition coefficient (Wildman–Crippen LogP) is 1.24. The van der Waals surface area contributed by atoms with Crippen LogP contribution >= 0.6 is 0 Å². The average Bonchev–Trinajstić information content (AvgIpc) is 2.85. The number of aliphatic hydroxyl groups excluding tert-OH is 1. The van der Waals surface area contributed by atoms with Crippen molar-refractivity contribution in [3.8, 4) is 0 Å². The van der Waals surface area contributed by atoms with Crippen LogP contribution in [0, 0.1) is 5.92 Å². The largest absolute Gasteiger partial charge is 0.389 e. The van der Waals surface area contributed by atoms with Crippen LogP contribution in [0.3, 0.4) is 0 Å². The van der Waals surface area contributed by atoms with E-state index in [0.29, 0.717) is 12.6 Å². The van der Waals surface area contributed by atoms with Gasteiger partial charge in [0.15, 0.2) is 0 Å². The summed E-state index contributed by atoms with van der Waals surface area (Å²) in [7, 11) is 0. The van der Waals surface area contributed by atoms with E-state index in [1.54, 1.807) is 0 Å². The maximum absolute atomic E-state index is 10.1.